The van der Waals surface area contributed by atoms with E-state index in [9.17, 15) is 5.26 Å². The number of nitriles is 1. The number of fused-ring (bicyclic) bond motifs is 3. The van der Waals surface area contributed by atoms with Crippen molar-refractivity contribution in [1.82, 2.24) is 19.9 Å². The first-order chi connectivity index (χ1) is 31.2. The summed E-state index contributed by atoms with van der Waals surface area (Å²) in [4.78, 5) is 20.2. The molecule has 0 bridgehead atoms. The van der Waals surface area contributed by atoms with Crippen molar-refractivity contribution in [1.29, 1.82) is 5.26 Å². The Morgan fingerprint density at radius 3 is 1.41 bits per heavy atom. The lowest BCUT2D eigenvalue weighted by Gasteiger charge is -2.34. The molecule has 1 aliphatic carbocycles. The van der Waals surface area contributed by atoms with Crippen LogP contribution < -0.4 is 0 Å². The molecule has 63 heavy (non-hydrogen) atoms. The molecule has 0 saturated heterocycles. The first kappa shape index (κ1) is 37.4. The zero-order chi connectivity index (χ0) is 42.2. The number of hydrogen-bond donors (Lipinski definition) is 0. The van der Waals surface area contributed by atoms with Gasteiger partial charge in [-0.05, 0) is 104 Å². The lowest BCUT2D eigenvalue weighted by Crippen LogP contribution is -2.28. The van der Waals surface area contributed by atoms with Gasteiger partial charge in [0, 0.05) is 28.5 Å². The van der Waals surface area contributed by atoms with E-state index in [1.807, 2.05) is 66.9 Å². The summed E-state index contributed by atoms with van der Waals surface area (Å²) in [7, 11) is 0. The molecular weight excluding hydrogens is 767 g/mol. The van der Waals surface area contributed by atoms with Gasteiger partial charge in [0.25, 0.3) is 0 Å². The lowest BCUT2D eigenvalue weighted by molar-refractivity contribution is 0.768. The summed E-state index contributed by atoms with van der Waals surface area (Å²) in [6.07, 6.45) is 1.82. The van der Waals surface area contributed by atoms with E-state index in [1.165, 1.54) is 0 Å². The van der Waals surface area contributed by atoms with Crippen LogP contribution in [0.3, 0.4) is 0 Å². The molecule has 8 aromatic carbocycles. The first-order valence-electron chi connectivity index (χ1n) is 21.0. The van der Waals surface area contributed by atoms with Crippen molar-refractivity contribution in [2.45, 2.75) is 5.41 Å². The molecule has 0 spiro atoms. The standard InChI is InChI=1S/C58H37N5/c59-38-39-24-30-50-51-31-29-44(37-53(51)58(52(50)33-39,48-19-9-3-10-20-48)49-21-11-4-12-22-49)45-34-46(54-23-13-14-32-60-54)36-47(35-45)57-62-55(42-17-7-2-8-18-42)61-56(63-57)43-27-25-41(26-28-43)40-15-5-1-6-16-40/h1-37H. The van der Waals surface area contributed by atoms with Gasteiger partial charge in [-0.3, -0.25) is 4.98 Å². The number of benzene rings is 8. The number of rotatable bonds is 8. The third-order valence-corrected chi connectivity index (χ3v) is 12.1. The molecule has 0 amide bonds. The maximum absolute atomic E-state index is 10.2. The van der Waals surface area contributed by atoms with E-state index < -0.39 is 5.41 Å². The van der Waals surface area contributed by atoms with Crippen molar-refractivity contribution in [3.63, 3.8) is 0 Å². The van der Waals surface area contributed by atoms with Crippen molar-refractivity contribution >= 4 is 0 Å². The molecular formula is C58H37N5. The average molecular weight is 804 g/mol. The van der Waals surface area contributed by atoms with Gasteiger partial charge in [0.1, 0.15) is 0 Å². The van der Waals surface area contributed by atoms with Gasteiger partial charge in [0.2, 0.25) is 0 Å². The van der Waals surface area contributed by atoms with Crippen LogP contribution in [-0.4, -0.2) is 19.9 Å². The van der Waals surface area contributed by atoms with E-state index in [1.54, 1.807) is 0 Å². The smallest absolute Gasteiger partial charge is 0.164 e. The van der Waals surface area contributed by atoms with Gasteiger partial charge in [-0.25, -0.2) is 15.0 Å². The van der Waals surface area contributed by atoms with Gasteiger partial charge in [0.15, 0.2) is 17.5 Å². The second-order valence-electron chi connectivity index (χ2n) is 15.7. The van der Waals surface area contributed by atoms with Crippen LogP contribution in [-0.2, 0) is 5.41 Å². The van der Waals surface area contributed by atoms with Crippen LogP contribution >= 0.6 is 0 Å². The summed E-state index contributed by atoms with van der Waals surface area (Å²) in [6.45, 7) is 0. The summed E-state index contributed by atoms with van der Waals surface area (Å²) < 4.78 is 0. The van der Waals surface area contributed by atoms with Crippen LogP contribution in [0.25, 0.3) is 78.8 Å². The summed E-state index contributed by atoms with van der Waals surface area (Å²) >= 11 is 0. The Hall–Kier alpha value is -8.59. The van der Waals surface area contributed by atoms with E-state index in [0.29, 0.717) is 23.0 Å². The zero-order valence-electron chi connectivity index (χ0n) is 34.1. The minimum Gasteiger partial charge on any atom is -0.256 e. The lowest BCUT2D eigenvalue weighted by atomic mass is 9.67. The molecule has 0 saturated carbocycles. The maximum atomic E-state index is 10.2. The van der Waals surface area contributed by atoms with Gasteiger partial charge >= 0.3 is 0 Å². The van der Waals surface area contributed by atoms with Crippen molar-refractivity contribution in [3.8, 4) is 84.9 Å². The fourth-order valence-electron chi connectivity index (χ4n) is 9.14. The third-order valence-electron chi connectivity index (χ3n) is 12.1. The predicted octanol–water partition coefficient (Wildman–Crippen LogP) is 13.5. The number of nitrogens with zero attached hydrogens (tertiary/aromatic N) is 5. The minimum atomic E-state index is -0.679. The predicted molar refractivity (Wildman–Crippen MR) is 252 cm³/mol. The van der Waals surface area contributed by atoms with Gasteiger partial charge in [-0.2, -0.15) is 5.26 Å². The molecule has 5 heteroatoms. The number of pyridine rings is 1. The van der Waals surface area contributed by atoms with Crippen molar-refractivity contribution in [3.05, 3.63) is 252 Å². The summed E-state index contributed by atoms with van der Waals surface area (Å²) in [6, 6.07) is 78.0. The molecule has 2 aromatic heterocycles. The topological polar surface area (TPSA) is 75.3 Å². The van der Waals surface area contributed by atoms with E-state index >= 15 is 0 Å². The summed E-state index contributed by atoms with van der Waals surface area (Å²) in [5.41, 5.74) is 15.4. The van der Waals surface area contributed by atoms with Crippen LogP contribution in [0, 0.1) is 11.3 Å². The van der Waals surface area contributed by atoms with Crippen molar-refractivity contribution < 1.29 is 0 Å². The van der Waals surface area contributed by atoms with E-state index in [2.05, 4.69) is 164 Å². The highest BCUT2D eigenvalue weighted by molar-refractivity contribution is 5.90. The summed E-state index contributed by atoms with van der Waals surface area (Å²) in [5, 5.41) is 10.2. The Morgan fingerprint density at radius 2 is 0.810 bits per heavy atom. The van der Waals surface area contributed by atoms with E-state index in [-0.39, 0.29) is 0 Å². The molecule has 5 nitrogen and oxygen atoms in total. The third kappa shape index (κ3) is 6.68. The molecule has 11 rings (SSSR count). The molecule has 294 valence electrons. The second kappa shape index (κ2) is 15.8. The number of aromatic nitrogens is 4. The monoisotopic (exact) mass is 803 g/mol. The Kier molecular flexibility index (Phi) is 9.37. The average Bonchev–Trinajstić information content (AvgIpc) is 3.67. The molecule has 0 radical (unpaired) electrons. The van der Waals surface area contributed by atoms with Crippen LogP contribution in [0.2, 0.25) is 0 Å². The molecule has 1 aliphatic rings. The highest BCUT2D eigenvalue weighted by atomic mass is 15.0. The van der Waals surface area contributed by atoms with Crippen LogP contribution in [0.4, 0.5) is 0 Å². The molecule has 0 N–H and O–H groups in total. The van der Waals surface area contributed by atoms with E-state index in [4.69, 9.17) is 19.9 Å². The second-order valence-corrected chi connectivity index (χ2v) is 15.7. The fourth-order valence-corrected chi connectivity index (χ4v) is 9.14. The first-order valence-corrected chi connectivity index (χ1v) is 21.0. The van der Waals surface area contributed by atoms with Crippen LogP contribution in [0.1, 0.15) is 27.8 Å². The van der Waals surface area contributed by atoms with Gasteiger partial charge in [-0.15, -0.1) is 0 Å². The maximum Gasteiger partial charge on any atom is 0.164 e. The molecule has 0 unspecified atom stereocenters. The van der Waals surface area contributed by atoms with Gasteiger partial charge < -0.3 is 0 Å². The summed E-state index contributed by atoms with van der Waals surface area (Å²) in [5.74, 6) is 1.74. The Bertz CT molecular complexity index is 3270. The van der Waals surface area contributed by atoms with Crippen LogP contribution in [0.5, 0.6) is 0 Å². The van der Waals surface area contributed by atoms with Gasteiger partial charge in [-0.1, -0.05) is 170 Å². The quantitative estimate of drug-likeness (QED) is 0.153. The molecule has 0 atom stereocenters. The molecule has 0 fully saturated rings. The van der Waals surface area contributed by atoms with Gasteiger partial charge in [0.05, 0.1) is 22.7 Å². The minimum absolute atomic E-state index is 0.561. The zero-order valence-corrected chi connectivity index (χ0v) is 34.1. The Labute approximate surface area is 366 Å². The highest BCUT2D eigenvalue weighted by Crippen LogP contribution is 2.57. The van der Waals surface area contributed by atoms with Crippen LogP contribution in [0.15, 0.2) is 225 Å². The fraction of sp³-hybridized carbons (Fsp3) is 0.0172. The molecule has 0 aliphatic heterocycles. The highest BCUT2D eigenvalue weighted by Gasteiger charge is 2.46. The molecule has 2 heterocycles. The Balaban J connectivity index is 1.12. The Morgan fingerprint density at radius 1 is 0.349 bits per heavy atom. The number of hydrogen-bond acceptors (Lipinski definition) is 5. The SMILES string of the molecule is N#Cc1ccc2c(c1)C(c1ccccc1)(c1ccccc1)c1cc(-c3cc(-c4ccccn4)cc(-c4nc(-c5ccccc5)nc(-c5ccc(-c6ccccc6)cc5)n4)c3)ccc1-2. The van der Waals surface area contributed by atoms with E-state index in [0.717, 1.165) is 83.6 Å². The normalized spacial score (nSPS) is 12.2. The van der Waals surface area contributed by atoms with Crippen molar-refractivity contribution in [2.24, 2.45) is 0 Å². The largest absolute Gasteiger partial charge is 0.256 e. The van der Waals surface area contributed by atoms with Crippen molar-refractivity contribution in [2.75, 3.05) is 0 Å². The molecule has 10 aromatic rings.